The molecule has 0 saturated carbocycles. The number of amides is 1. The SMILES string of the molecule is O=C(CCc1cccnc1)N1CCCC(C2NNCC2c2ccc(F)cc2)C1. The maximum atomic E-state index is 13.3. The summed E-state index contributed by atoms with van der Waals surface area (Å²) >= 11 is 0. The molecule has 2 aromatic rings. The number of aromatic nitrogens is 1. The van der Waals surface area contributed by atoms with Gasteiger partial charge >= 0.3 is 0 Å². The van der Waals surface area contributed by atoms with E-state index in [4.69, 9.17) is 0 Å². The fourth-order valence-electron chi connectivity index (χ4n) is 4.48. The molecule has 3 atom stereocenters. The first kappa shape index (κ1) is 19.0. The highest BCUT2D eigenvalue weighted by molar-refractivity contribution is 5.76. The van der Waals surface area contributed by atoms with Crippen LogP contribution in [-0.2, 0) is 11.2 Å². The highest BCUT2D eigenvalue weighted by atomic mass is 19.1. The molecule has 2 saturated heterocycles. The van der Waals surface area contributed by atoms with Crippen LogP contribution in [0.4, 0.5) is 4.39 Å². The normalized spacial score (nSPS) is 25.0. The molecule has 0 bridgehead atoms. The van der Waals surface area contributed by atoms with Crippen LogP contribution in [0.15, 0.2) is 48.8 Å². The predicted octanol–water partition coefficient (Wildman–Crippen LogP) is 2.65. The molecule has 148 valence electrons. The standard InChI is InChI=1S/C22H27FN4O/c23-19-8-6-17(7-9-19)20-14-25-26-22(20)18-4-2-12-27(15-18)21(28)10-5-16-3-1-11-24-13-16/h1,3,6-9,11,13,18,20,22,25-26H,2,4-5,10,12,14-15H2. The Bertz CT molecular complexity index is 783. The van der Waals surface area contributed by atoms with Crippen molar-refractivity contribution < 1.29 is 9.18 Å². The molecule has 3 heterocycles. The van der Waals surface area contributed by atoms with Crippen molar-refractivity contribution in [3.8, 4) is 0 Å². The molecule has 5 nitrogen and oxygen atoms in total. The van der Waals surface area contributed by atoms with E-state index in [1.807, 2.05) is 35.4 Å². The molecule has 1 aromatic heterocycles. The molecule has 28 heavy (non-hydrogen) atoms. The van der Waals surface area contributed by atoms with Gasteiger partial charge in [0.25, 0.3) is 0 Å². The fourth-order valence-corrected chi connectivity index (χ4v) is 4.48. The second-order valence-corrected chi connectivity index (χ2v) is 7.81. The minimum absolute atomic E-state index is 0.206. The number of aryl methyl sites for hydroxylation is 1. The van der Waals surface area contributed by atoms with Crippen LogP contribution < -0.4 is 10.9 Å². The Morgan fingerprint density at radius 3 is 2.89 bits per heavy atom. The number of nitrogens with one attached hydrogen (secondary N) is 2. The van der Waals surface area contributed by atoms with E-state index in [1.54, 1.807) is 6.20 Å². The number of hydrogen-bond acceptors (Lipinski definition) is 4. The summed E-state index contributed by atoms with van der Waals surface area (Å²) in [6, 6.07) is 11.0. The van der Waals surface area contributed by atoms with Gasteiger partial charge in [0.05, 0.1) is 0 Å². The Morgan fingerprint density at radius 1 is 1.25 bits per heavy atom. The minimum atomic E-state index is -0.206. The summed E-state index contributed by atoms with van der Waals surface area (Å²) in [5.74, 6) is 0.692. The molecule has 2 fully saturated rings. The topological polar surface area (TPSA) is 57.3 Å². The highest BCUT2D eigenvalue weighted by Crippen LogP contribution is 2.32. The van der Waals surface area contributed by atoms with Crippen LogP contribution in [0, 0.1) is 11.7 Å². The first-order valence-electron chi connectivity index (χ1n) is 10.1. The van der Waals surface area contributed by atoms with Crippen molar-refractivity contribution in [1.29, 1.82) is 0 Å². The second-order valence-electron chi connectivity index (χ2n) is 7.81. The van der Waals surface area contributed by atoms with E-state index in [9.17, 15) is 9.18 Å². The largest absolute Gasteiger partial charge is 0.342 e. The number of piperidine rings is 1. The third kappa shape index (κ3) is 4.39. The zero-order valence-electron chi connectivity index (χ0n) is 16.0. The molecule has 4 rings (SSSR count). The van der Waals surface area contributed by atoms with Gasteiger partial charge in [-0.05, 0) is 54.5 Å². The van der Waals surface area contributed by atoms with Crippen molar-refractivity contribution in [2.24, 2.45) is 5.92 Å². The van der Waals surface area contributed by atoms with Gasteiger partial charge in [0.1, 0.15) is 5.82 Å². The summed E-state index contributed by atoms with van der Waals surface area (Å²) in [4.78, 5) is 18.9. The summed E-state index contributed by atoms with van der Waals surface area (Å²) in [7, 11) is 0. The molecule has 1 amide bonds. The number of halogens is 1. The number of hydrogen-bond donors (Lipinski definition) is 2. The van der Waals surface area contributed by atoms with Gasteiger partial charge in [-0.1, -0.05) is 18.2 Å². The van der Waals surface area contributed by atoms with Gasteiger partial charge in [-0.15, -0.1) is 0 Å². The molecule has 2 aliphatic heterocycles. The minimum Gasteiger partial charge on any atom is -0.342 e. The average Bonchev–Trinajstić information content (AvgIpc) is 3.23. The van der Waals surface area contributed by atoms with Gasteiger partial charge in [0.15, 0.2) is 0 Å². The van der Waals surface area contributed by atoms with Gasteiger partial charge in [0, 0.05) is 50.4 Å². The lowest BCUT2D eigenvalue weighted by atomic mass is 9.81. The van der Waals surface area contributed by atoms with Crippen LogP contribution in [0.5, 0.6) is 0 Å². The third-order valence-corrected chi connectivity index (χ3v) is 5.99. The molecular formula is C22H27FN4O. The first-order valence-corrected chi connectivity index (χ1v) is 10.1. The summed E-state index contributed by atoms with van der Waals surface area (Å²) < 4.78 is 13.3. The van der Waals surface area contributed by atoms with Gasteiger partial charge in [-0.2, -0.15) is 0 Å². The van der Waals surface area contributed by atoms with E-state index in [1.165, 1.54) is 12.1 Å². The summed E-state index contributed by atoms with van der Waals surface area (Å²) in [5, 5.41) is 0. The molecule has 6 heteroatoms. The predicted molar refractivity (Wildman–Crippen MR) is 106 cm³/mol. The number of pyridine rings is 1. The Hall–Kier alpha value is -2.31. The Labute approximate surface area is 165 Å². The number of carbonyl (C=O) groups is 1. The molecule has 2 aliphatic rings. The Morgan fingerprint density at radius 2 is 2.11 bits per heavy atom. The summed E-state index contributed by atoms with van der Waals surface area (Å²) in [6.07, 6.45) is 6.96. The van der Waals surface area contributed by atoms with Crippen molar-refractivity contribution >= 4 is 5.91 Å². The van der Waals surface area contributed by atoms with E-state index in [-0.39, 0.29) is 23.7 Å². The fraction of sp³-hybridized carbons (Fsp3) is 0.455. The molecule has 2 N–H and O–H groups in total. The number of carbonyl (C=O) groups excluding carboxylic acids is 1. The molecule has 0 spiro atoms. The van der Waals surface area contributed by atoms with Crippen molar-refractivity contribution in [2.75, 3.05) is 19.6 Å². The van der Waals surface area contributed by atoms with E-state index in [0.717, 1.165) is 50.0 Å². The van der Waals surface area contributed by atoms with Gasteiger partial charge in [-0.25, -0.2) is 4.39 Å². The van der Waals surface area contributed by atoms with E-state index in [0.29, 0.717) is 12.3 Å². The molecule has 3 unspecified atom stereocenters. The quantitative estimate of drug-likeness (QED) is 0.835. The van der Waals surface area contributed by atoms with Gasteiger partial charge < -0.3 is 4.90 Å². The first-order chi connectivity index (χ1) is 13.7. The number of benzene rings is 1. The lowest BCUT2D eigenvalue weighted by Gasteiger charge is -2.37. The average molecular weight is 382 g/mol. The zero-order chi connectivity index (χ0) is 19.3. The maximum Gasteiger partial charge on any atom is 0.222 e. The van der Waals surface area contributed by atoms with Crippen LogP contribution >= 0.6 is 0 Å². The van der Waals surface area contributed by atoms with E-state index in [2.05, 4.69) is 15.8 Å². The zero-order valence-corrected chi connectivity index (χ0v) is 16.0. The monoisotopic (exact) mass is 382 g/mol. The third-order valence-electron chi connectivity index (χ3n) is 5.99. The van der Waals surface area contributed by atoms with Crippen LogP contribution in [0.1, 0.15) is 36.3 Å². The van der Waals surface area contributed by atoms with E-state index >= 15 is 0 Å². The molecular weight excluding hydrogens is 355 g/mol. The maximum absolute atomic E-state index is 13.3. The lowest BCUT2D eigenvalue weighted by molar-refractivity contribution is -0.133. The van der Waals surface area contributed by atoms with Crippen molar-refractivity contribution in [1.82, 2.24) is 20.7 Å². The summed E-state index contributed by atoms with van der Waals surface area (Å²) in [6.45, 7) is 2.44. The van der Waals surface area contributed by atoms with Crippen LogP contribution in [0.3, 0.4) is 0 Å². The summed E-state index contributed by atoms with van der Waals surface area (Å²) in [5.41, 5.74) is 8.93. The smallest absolute Gasteiger partial charge is 0.222 e. The van der Waals surface area contributed by atoms with Crippen molar-refractivity contribution in [3.05, 3.63) is 65.7 Å². The molecule has 0 aliphatic carbocycles. The number of likely N-dealkylation sites (tertiary alicyclic amines) is 1. The van der Waals surface area contributed by atoms with E-state index < -0.39 is 0 Å². The van der Waals surface area contributed by atoms with Crippen molar-refractivity contribution in [3.63, 3.8) is 0 Å². The van der Waals surface area contributed by atoms with Gasteiger partial charge in [0.2, 0.25) is 5.91 Å². The van der Waals surface area contributed by atoms with Gasteiger partial charge in [-0.3, -0.25) is 20.6 Å². The lowest BCUT2D eigenvalue weighted by Crippen LogP contribution is -2.48. The Kier molecular flexibility index (Phi) is 5.98. The van der Waals surface area contributed by atoms with Crippen molar-refractivity contribution in [2.45, 2.75) is 37.6 Å². The van der Waals surface area contributed by atoms with Crippen LogP contribution in [-0.4, -0.2) is 41.5 Å². The molecule has 1 aromatic carbocycles. The highest BCUT2D eigenvalue weighted by Gasteiger charge is 2.37. The van der Waals surface area contributed by atoms with Crippen LogP contribution in [0.25, 0.3) is 0 Å². The number of nitrogens with zero attached hydrogens (tertiary/aromatic N) is 2. The number of rotatable bonds is 5. The Balaban J connectivity index is 1.37. The number of hydrazine groups is 1. The second kappa shape index (κ2) is 8.80. The molecule has 0 radical (unpaired) electrons. The van der Waals surface area contributed by atoms with Crippen LogP contribution in [0.2, 0.25) is 0 Å².